The zero-order valence-electron chi connectivity index (χ0n) is 6.44. The highest BCUT2D eigenvalue weighted by Gasteiger charge is 2.26. The maximum absolute atomic E-state index is 5.63. The van der Waals surface area contributed by atoms with Gasteiger partial charge in [-0.05, 0) is 6.08 Å². The van der Waals surface area contributed by atoms with Gasteiger partial charge in [-0.1, -0.05) is 12.2 Å². The van der Waals surface area contributed by atoms with Gasteiger partial charge in [0.25, 0.3) is 0 Å². The maximum Gasteiger partial charge on any atom is 0.0765 e. The van der Waals surface area contributed by atoms with E-state index in [1.165, 1.54) is 0 Å². The Labute approximate surface area is 65.9 Å². The molecule has 2 atom stereocenters. The van der Waals surface area contributed by atoms with E-state index in [0.29, 0.717) is 12.0 Å². The first-order valence-electron chi connectivity index (χ1n) is 3.70. The van der Waals surface area contributed by atoms with Crippen molar-refractivity contribution in [1.29, 1.82) is 0 Å². The standard InChI is InChI=1S/C8H11N3/c1-11-8-3-2-7(9)4-6(8)5-10-11/h2-6,8H,9H2,1H3. The summed E-state index contributed by atoms with van der Waals surface area (Å²) < 4.78 is 0. The number of hydrogen-bond acceptors (Lipinski definition) is 3. The van der Waals surface area contributed by atoms with Crippen molar-refractivity contribution in [1.82, 2.24) is 5.01 Å². The van der Waals surface area contributed by atoms with Crippen LogP contribution >= 0.6 is 0 Å². The molecule has 0 amide bonds. The fraction of sp³-hybridized carbons (Fsp3) is 0.375. The molecule has 2 unspecified atom stereocenters. The van der Waals surface area contributed by atoms with Gasteiger partial charge in [0.2, 0.25) is 0 Å². The molecule has 0 radical (unpaired) electrons. The second-order valence-electron chi connectivity index (χ2n) is 2.93. The molecular formula is C8H11N3. The first kappa shape index (κ1) is 6.46. The first-order chi connectivity index (χ1) is 5.27. The molecule has 1 aliphatic heterocycles. The summed E-state index contributed by atoms with van der Waals surface area (Å²) in [5.41, 5.74) is 6.47. The zero-order valence-corrected chi connectivity index (χ0v) is 6.44. The third kappa shape index (κ3) is 0.926. The van der Waals surface area contributed by atoms with Crippen LogP contribution in [0.4, 0.5) is 0 Å². The number of hydrazone groups is 1. The van der Waals surface area contributed by atoms with Crippen molar-refractivity contribution in [3.05, 3.63) is 23.9 Å². The fourth-order valence-electron chi connectivity index (χ4n) is 1.48. The minimum absolute atomic E-state index is 0.380. The van der Waals surface area contributed by atoms with Gasteiger partial charge in [-0.2, -0.15) is 5.10 Å². The third-order valence-electron chi connectivity index (χ3n) is 2.12. The summed E-state index contributed by atoms with van der Waals surface area (Å²) >= 11 is 0. The van der Waals surface area contributed by atoms with Crippen LogP contribution in [0.1, 0.15) is 0 Å². The molecule has 0 aromatic heterocycles. The highest BCUT2D eigenvalue weighted by molar-refractivity contribution is 5.68. The van der Waals surface area contributed by atoms with Crippen LogP contribution in [0.15, 0.2) is 29.0 Å². The SMILES string of the molecule is CN1N=CC2C=C(N)C=CC21. The number of nitrogens with two attached hydrogens (primary N) is 1. The maximum atomic E-state index is 5.63. The van der Waals surface area contributed by atoms with E-state index in [1.54, 1.807) is 0 Å². The van der Waals surface area contributed by atoms with E-state index >= 15 is 0 Å². The van der Waals surface area contributed by atoms with E-state index < -0.39 is 0 Å². The molecule has 0 fully saturated rings. The summed E-state index contributed by atoms with van der Waals surface area (Å²) in [6.45, 7) is 0. The van der Waals surface area contributed by atoms with Crippen LogP contribution in [0.2, 0.25) is 0 Å². The Balaban J connectivity index is 2.26. The third-order valence-corrected chi connectivity index (χ3v) is 2.12. The van der Waals surface area contributed by atoms with Gasteiger partial charge in [0.1, 0.15) is 0 Å². The van der Waals surface area contributed by atoms with Gasteiger partial charge >= 0.3 is 0 Å². The number of rotatable bonds is 0. The van der Waals surface area contributed by atoms with Gasteiger partial charge in [-0.25, -0.2) is 0 Å². The van der Waals surface area contributed by atoms with Gasteiger partial charge in [0, 0.05) is 24.9 Å². The van der Waals surface area contributed by atoms with Crippen molar-refractivity contribution in [2.75, 3.05) is 7.05 Å². The summed E-state index contributed by atoms with van der Waals surface area (Å²) in [4.78, 5) is 0. The lowest BCUT2D eigenvalue weighted by Crippen LogP contribution is -2.28. The van der Waals surface area contributed by atoms with Crippen molar-refractivity contribution in [2.45, 2.75) is 6.04 Å². The van der Waals surface area contributed by atoms with Crippen LogP contribution in [-0.2, 0) is 0 Å². The summed E-state index contributed by atoms with van der Waals surface area (Å²) in [5.74, 6) is 0.380. The summed E-state index contributed by atoms with van der Waals surface area (Å²) in [7, 11) is 1.97. The minimum Gasteiger partial charge on any atom is -0.399 e. The van der Waals surface area contributed by atoms with Gasteiger partial charge < -0.3 is 5.73 Å². The topological polar surface area (TPSA) is 41.6 Å². The van der Waals surface area contributed by atoms with Crippen LogP contribution < -0.4 is 5.73 Å². The quantitative estimate of drug-likeness (QED) is 0.538. The zero-order chi connectivity index (χ0) is 7.84. The van der Waals surface area contributed by atoms with E-state index in [2.05, 4.69) is 11.2 Å². The number of allylic oxidation sites excluding steroid dienone is 1. The summed E-state index contributed by atoms with van der Waals surface area (Å²) in [6.07, 6.45) is 8.00. The Hall–Kier alpha value is -1.25. The van der Waals surface area contributed by atoms with E-state index in [4.69, 9.17) is 5.73 Å². The molecule has 3 heteroatoms. The molecule has 3 nitrogen and oxygen atoms in total. The van der Waals surface area contributed by atoms with Crippen LogP contribution in [0, 0.1) is 5.92 Å². The summed E-state index contributed by atoms with van der Waals surface area (Å²) in [5, 5.41) is 6.12. The smallest absolute Gasteiger partial charge is 0.0765 e. The van der Waals surface area contributed by atoms with Crippen molar-refractivity contribution in [3.63, 3.8) is 0 Å². The molecule has 0 spiro atoms. The van der Waals surface area contributed by atoms with Gasteiger partial charge in [-0.15, -0.1) is 0 Å². The Morgan fingerprint density at radius 1 is 1.64 bits per heavy atom. The molecule has 0 saturated heterocycles. The average Bonchev–Trinajstić information content (AvgIpc) is 2.32. The Kier molecular flexibility index (Phi) is 1.24. The van der Waals surface area contributed by atoms with E-state index in [-0.39, 0.29) is 0 Å². The molecule has 0 saturated carbocycles. The van der Waals surface area contributed by atoms with Crippen LogP contribution in [-0.4, -0.2) is 24.3 Å². The lowest BCUT2D eigenvalue weighted by Gasteiger charge is -2.21. The lowest BCUT2D eigenvalue weighted by atomic mass is 9.96. The van der Waals surface area contributed by atoms with Crippen molar-refractivity contribution < 1.29 is 0 Å². The molecule has 2 rings (SSSR count). The number of fused-ring (bicyclic) bond motifs is 1. The van der Waals surface area contributed by atoms with Gasteiger partial charge in [0.15, 0.2) is 0 Å². The van der Waals surface area contributed by atoms with Crippen LogP contribution in [0.3, 0.4) is 0 Å². The number of nitrogens with zero attached hydrogens (tertiary/aromatic N) is 2. The molecule has 0 aromatic carbocycles. The van der Waals surface area contributed by atoms with Crippen molar-refractivity contribution in [2.24, 2.45) is 16.8 Å². The average molecular weight is 149 g/mol. The van der Waals surface area contributed by atoms with Crippen LogP contribution in [0.5, 0.6) is 0 Å². The molecule has 1 heterocycles. The summed E-state index contributed by atoms with van der Waals surface area (Å²) in [6, 6.07) is 0.391. The second kappa shape index (κ2) is 2.12. The highest BCUT2D eigenvalue weighted by atomic mass is 15.5. The van der Waals surface area contributed by atoms with Gasteiger partial charge in [0.05, 0.1) is 6.04 Å². The highest BCUT2D eigenvalue weighted by Crippen LogP contribution is 2.22. The predicted octanol–water partition coefficient (Wildman–Crippen LogP) is 0.315. The molecule has 11 heavy (non-hydrogen) atoms. The molecule has 2 aliphatic rings. The normalized spacial score (nSPS) is 33.9. The number of likely N-dealkylation sites (N-methyl/N-ethyl adjacent to an activating group) is 1. The van der Waals surface area contributed by atoms with Gasteiger partial charge in [-0.3, -0.25) is 5.01 Å². The molecule has 58 valence electrons. The van der Waals surface area contributed by atoms with Crippen LogP contribution in [0.25, 0.3) is 0 Å². The first-order valence-corrected chi connectivity index (χ1v) is 3.70. The van der Waals surface area contributed by atoms with E-state index in [1.807, 2.05) is 30.4 Å². The largest absolute Gasteiger partial charge is 0.399 e. The molecule has 0 bridgehead atoms. The lowest BCUT2D eigenvalue weighted by molar-refractivity contribution is 0.306. The Morgan fingerprint density at radius 3 is 3.27 bits per heavy atom. The second-order valence-corrected chi connectivity index (χ2v) is 2.93. The number of hydrogen-bond donors (Lipinski definition) is 1. The Bertz CT molecular complexity index is 252. The predicted molar refractivity (Wildman–Crippen MR) is 44.9 cm³/mol. The molecule has 0 aromatic rings. The van der Waals surface area contributed by atoms with E-state index in [0.717, 1.165) is 5.70 Å². The monoisotopic (exact) mass is 149 g/mol. The van der Waals surface area contributed by atoms with Crippen molar-refractivity contribution >= 4 is 6.21 Å². The van der Waals surface area contributed by atoms with Crippen molar-refractivity contribution in [3.8, 4) is 0 Å². The molecule has 1 aliphatic carbocycles. The fourth-order valence-corrected chi connectivity index (χ4v) is 1.48. The minimum atomic E-state index is 0.380. The molecular weight excluding hydrogens is 138 g/mol. The van der Waals surface area contributed by atoms with E-state index in [9.17, 15) is 0 Å². The Morgan fingerprint density at radius 2 is 2.45 bits per heavy atom. The molecule has 2 N–H and O–H groups in total.